The standard InChI is InChI=1S/C21H24ClNO3S/c1-14-7-9-18(17(22)12-14)23-20(24)21(10-4-5-11-21)27(25,26)19-13-15(2)6-8-16(19)3/h6-9,12-13H,4-5,10-11H2,1-3H3,(H,23,24). The normalized spacial score (nSPS) is 16.3. The minimum Gasteiger partial charge on any atom is -0.323 e. The highest BCUT2D eigenvalue weighted by atomic mass is 35.5. The van der Waals surface area contributed by atoms with Gasteiger partial charge < -0.3 is 5.32 Å². The molecule has 0 saturated heterocycles. The third kappa shape index (κ3) is 3.50. The van der Waals surface area contributed by atoms with Crippen LogP contribution in [0.3, 0.4) is 0 Å². The molecule has 0 spiro atoms. The summed E-state index contributed by atoms with van der Waals surface area (Å²) in [5.41, 5.74) is 2.92. The molecule has 0 unspecified atom stereocenters. The quantitative estimate of drug-likeness (QED) is 0.779. The topological polar surface area (TPSA) is 63.2 Å². The number of carbonyl (C=O) groups is 1. The van der Waals surface area contributed by atoms with Crippen molar-refractivity contribution in [1.82, 2.24) is 0 Å². The second-order valence-electron chi connectivity index (χ2n) is 7.41. The zero-order valence-corrected chi connectivity index (χ0v) is 17.4. The summed E-state index contributed by atoms with van der Waals surface area (Å²) in [4.78, 5) is 13.5. The summed E-state index contributed by atoms with van der Waals surface area (Å²) in [6.45, 7) is 5.52. The van der Waals surface area contributed by atoms with Gasteiger partial charge in [-0.3, -0.25) is 4.79 Å². The molecule has 0 atom stereocenters. The first-order chi connectivity index (χ1) is 12.7. The van der Waals surface area contributed by atoms with Crippen LogP contribution in [-0.4, -0.2) is 19.1 Å². The summed E-state index contributed by atoms with van der Waals surface area (Å²) in [6, 6.07) is 10.6. The van der Waals surface area contributed by atoms with Crippen LogP contribution >= 0.6 is 11.6 Å². The lowest BCUT2D eigenvalue weighted by Gasteiger charge is -2.28. The van der Waals surface area contributed by atoms with Crippen LogP contribution in [0.4, 0.5) is 5.69 Å². The Morgan fingerprint density at radius 3 is 2.22 bits per heavy atom. The van der Waals surface area contributed by atoms with Gasteiger partial charge in [0.15, 0.2) is 14.6 Å². The molecule has 4 nitrogen and oxygen atoms in total. The van der Waals surface area contributed by atoms with Gasteiger partial charge in [0.1, 0.15) is 0 Å². The van der Waals surface area contributed by atoms with Crippen LogP contribution in [0.1, 0.15) is 42.4 Å². The van der Waals surface area contributed by atoms with Gasteiger partial charge in [0.05, 0.1) is 15.6 Å². The monoisotopic (exact) mass is 405 g/mol. The highest BCUT2D eigenvalue weighted by Crippen LogP contribution is 2.42. The van der Waals surface area contributed by atoms with Crippen molar-refractivity contribution in [2.45, 2.75) is 56.1 Å². The van der Waals surface area contributed by atoms with Crippen LogP contribution in [0.2, 0.25) is 5.02 Å². The maximum atomic E-state index is 13.6. The Hall–Kier alpha value is -1.85. The van der Waals surface area contributed by atoms with Gasteiger partial charge in [-0.15, -0.1) is 0 Å². The molecular weight excluding hydrogens is 382 g/mol. The fourth-order valence-electron chi connectivity index (χ4n) is 3.73. The van der Waals surface area contributed by atoms with Gasteiger partial charge in [0.2, 0.25) is 5.91 Å². The van der Waals surface area contributed by atoms with E-state index in [0.29, 0.717) is 42.0 Å². The Morgan fingerprint density at radius 2 is 1.59 bits per heavy atom. The fourth-order valence-corrected chi connectivity index (χ4v) is 6.39. The lowest BCUT2D eigenvalue weighted by Crippen LogP contribution is -2.47. The van der Waals surface area contributed by atoms with Gasteiger partial charge >= 0.3 is 0 Å². The van der Waals surface area contributed by atoms with Crippen LogP contribution in [0, 0.1) is 20.8 Å². The molecule has 1 aliphatic rings. The van der Waals surface area contributed by atoms with E-state index >= 15 is 0 Å². The number of rotatable bonds is 4. The summed E-state index contributed by atoms with van der Waals surface area (Å²) >= 11 is 6.24. The molecule has 27 heavy (non-hydrogen) atoms. The molecule has 0 radical (unpaired) electrons. The third-order valence-corrected chi connectivity index (χ3v) is 8.30. The van der Waals surface area contributed by atoms with E-state index in [9.17, 15) is 13.2 Å². The number of anilines is 1. The van der Waals surface area contributed by atoms with Crippen LogP contribution in [0.25, 0.3) is 0 Å². The Kier molecular flexibility index (Phi) is 5.37. The summed E-state index contributed by atoms with van der Waals surface area (Å²) in [5, 5.41) is 3.18. The van der Waals surface area contributed by atoms with Gasteiger partial charge in [0.25, 0.3) is 0 Å². The Balaban J connectivity index is 2.05. The van der Waals surface area contributed by atoms with E-state index in [-0.39, 0.29) is 4.90 Å². The Morgan fingerprint density at radius 1 is 1.00 bits per heavy atom. The van der Waals surface area contributed by atoms with Gasteiger partial charge in [-0.25, -0.2) is 8.42 Å². The highest BCUT2D eigenvalue weighted by Gasteiger charge is 2.53. The van der Waals surface area contributed by atoms with E-state index in [1.807, 2.05) is 26.0 Å². The molecular formula is C21H24ClNO3S. The predicted molar refractivity (Wildman–Crippen MR) is 109 cm³/mol. The molecule has 2 aromatic rings. The van der Waals surface area contributed by atoms with Crippen molar-refractivity contribution in [2.24, 2.45) is 0 Å². The lowest BCUT2D eigenvalue weighted by molar-refractivity contribution is -0.118. The molecule has 1 fully saturated rings. The molecule has 0 aromatic heterocycles. The van der Waals surface area contributed by atoms with Gasteiger partial charge in [0, 0.05) is 0 Å². The smallest absolute Gasteiger partial charge is 0.246 e. The molecule has 1 saturated carbocycles. The third-order valence-electron chi connectivity index (χ3n) is 5.35. The number of carbonyl (C=O) groups excluding carboxylic acids is 1. The van der Waals surface area contributed by atoms with E-state index in [1.54, 1.807) is 31.2 Å². The maximum absolute atomic E-state index is 13.6. The molecule has 0 heterocycles. The maximum Gasteiger partial charge on any atom is 0.246 e. The van der Waals surface area contributed by atoms with Crippen molar-refractivity contribution in [3.05, 3.63) is 58.1 Å². The molecule has 1 aliphatic carbocycles. The summed E-state index contributed by atoms with van der Waals surface area (Å²) < 4.78 is 25.8. The largest absolute Gasteiger partial charge is 0.323 e. The Bertz CT molecular complexity index is 992. The van der Waals surface area contributed by atoms with Gasteiger partial charge in [-0.05, 0) is 68.5 Å². The zero-order chi connectivity index (χ0) is 19.8. The van der Waals surface area contributed by atoms with Crippen LogP contribution < -0.4 is 5.32 Å². The van der Waals surface area contributed by atoms with Crippen molar-refractivity contribution in [3.63, 3.8) is 0 Å². The zero-order valence-electron chi connectivity index (χ0n) is 15.8. The average Bonchev–Trinajstić information content (AvgIpc) is 3.11. The van der Waals surface area contributed by atoms with Crippen molar-refractivity contribution >= 4 is 33.0 Å². The number of amides is 1. The molecule has 0 bridgehead atoms. The second-order valence-corrected chi connectivity index (χ2v) is 10.0. The van der Waals surface area contributed by atoms with Crippen molar-refractivity contribution in [2.75, 3.05) is 5.32 Å². The van der Waals surface area contributed by atoms with E-state index < -0.39 is 20.5 Å². The van der Waals surface area contributed by atoms with E-state index in [0.717, 1.165) is 11.1 Å². The van der Waals surface area contributed by atoms with Crippen LogP contribution in [0.5, 0.6) is 0 Å². The number of benzene rings is 2. The van der Waals surface area contributed by atoms with Crippen LogP contribution in [0.15, 0.2) is 41.3 Å². The van der Waals surface area contributed by atoms with Crippen molar-refractivity contribution in [3.8, 4) is 0 Å². The summed E-state index contributed by atoms with van der Waals surface area (Å²) in [7, 11) is -3.85. The first-order valence-electron chi connectivity index (χ1n) is 9.07. The molecule has 0 aliphatic heterocycles. The lowest BCUT2D eigenvalue weighted by atomic mass is 10.1. The number of hydrogen-bond acceptors (Lipinski definition) is 3. The SMILES string of the molecule is Cc1ccc(NC(=O)C2(S(=O)(=O)c3cc(C)ccc3C)CCCC2)c(Cl)c1. The average molecular weight is 406 g/mol. The summed E-state index contributed by atoms with van der Waals surface area (Å²) in [6.07, 6.45) is 2.05. The second kappa shape index (κ2) is 7.28. The summed E-state index contributed by atoms with van der Waals surface area (Å²) in [5.74, 6) is -0.494. The Labute approximate surface area is 165 Å². The predicted octanol–water partition coefficient (Wildman–Crippen LogP) is 4.99. The van der Waals surface area contributed by atoms with Crippen molar-refractivity contribution < 1.29 is 13.2 Å². The first-order valence-corrected chi connectivity index (χ1v) is 10.9. The minimum atomic E-state index is -3.85. The number of sulfone groups is 1. The number of halogens is 1. The molecule has 2 aromatic carbocycles. The van der Waals surface area contributed by atoms with E-state index in [4.69, 9.17) is 11.6 Å². The minimum absolute atomic E-state index is 0.245. The molecule has 1 amide bonds. The highest BCUT2D eigenvalue weighted by molar-refractivity contribution is 7.93. The van der Waals surface area contributed by atoms with Gasteiger partial charge in [-0.1, -0.05) is 42.6 Å². The number of aryl methyl sites for hydroxylation is 3. The number of nitrogens with one attached hydrogen (secondary N) is 1. The van der Waals surface area contributed by atoms with E-state index in [2.05, 4.69) is 5.32 Å². The van der Waals surface area contributed by atoms with Crippen molar-refractivity contribution in [1.29, 1.82) is 0 Å². The molecule has 6 heteroatoms. The fraction of sp³-hybridized carbons (Fsp3) is 0.381. The van der Waals surface area contributed by atoms with E-state index in [1.165, 1.54) is 0 Å². The first kappa shape index (κ1) is 19.9. The molecule has 144 valence electrons. The molecule has 1 N–H and O–H groups in total. The number of hydrogen-bond donors (Lipinski definition) is 1. The molecule has 3 rings (SSSR count). The van der Waals surface area contributed by atoms with Crippen LogP contribution in [-0.2, 0) is 14.6 Å². The van der Waals surface area contributed by atoms with Gasteiger partial charge in [-0.2, -0.15) is 0 Å².